The summed E-state index contributed by atoms with van der Waals surface area (Å²) in [5, 5.41) is 11.0. The summed E-state index contributed by atoms with van der Waals surface area (Å²) < 4.78 is 7.23. The van der Waals surface area contributed by atoms with Crippen molar-refractivity contribution in [3.8, 4) is 28.3 Å². The predicted octanol–water partition coefficient (Wildman–Crippen LogP) is 14.3. The van der Waals surface area contributed by atoms with Crippen molar-refractivity contribution >= 4 is 87.1 Å². The minimum atomic E-state index is 1.00. The third kappa shape index (κ3) is 4.63. The lowest BCUT2D eigenvalue weighted by atomic mass is 9.98. The SMILES string of the molecule is c1ccc(-c2nc3ccccc3c3cc4c5ccccc5n(-c5ccc(-n6c7ccccc7c7cc(-n8c9ccccc9c9ccccc98)ccc76)cc5)c4cc23)cc1. The number of hydrogen-bond donors (Lipinski definition) is 0. The van der Waals surface area contributed by atoms with E-state index in [0.29, 0.717) is 0 Å². The van der Waals surface area contributed by atoms with Gasteiger partial charge in [0.15, 0.2) is 0 Å². The van der Waals surface area contributed by atoms with Gasteiger partial charge < -0.3 is 13.7 Å². The second-order valence-corrected chi connectivity index (χ2v) is 15.6. The fraction of sp³-hybridized carbons (Fsp3) is 0. The van der Waals surface area contributed by atoms with Crippen LogP contribution in [0.15, 0.2) is 206 Å². The molecule has 0 aliphatic heterocycles. The van der Waals surface area contributed by atoms with Gasteiger partial charge in [-0.15, -0.1) is 0 Å². The molecule has 13 rings (SSSR count). The number of para-hydroxylation sites is 5. The normalized spacial score (nSPS) is 12.1. The van der Waals surface area contributed by atoms with Gasteiger partial charge in [-0.25, -0.2) is 4.98 Å². The van der Waals surface area contributed by atoms with E-state index in [1.807, 2.05) is 0 Å². The van der Waals surface area contributed by atoms with E-state index in [4.69, 9.17) is 4.98 Å². The molecule has 0 radical (unpaired) electrons. The van der Waals surface area contributed by atoms with Crippen LogP contribution in [0, 0.1) is 0 Å². The third-order valence-electron chi connectivity index (χ3n) is 12.4. The Hall–Kier alpha value is -7.95. The zero-order valence-electron chi connectivity index (χ0n) is 31.9. The van der Waals surface area contributed by atoms with E-state index in [2.05, 4.69) is 220 Å². The van der Waals surface area contributed by atoms with Gasteiger partial charge in [0, 0.05) is 65.7 Å². The molecule has 0 saturated heterocycles. The second kappa shape index (κ2) is 12.3. The smallest absolute Gasteiger partial charge is 0.0788 e. The Labute approximate surface area is 339 Å². The van der Waals surface area contributed by atoms with Crippen molar-refractivity contribution in [2.24, 2.45) is 0 Å². The highest BCUT2D eigenvalue weighted by atomic mass is 15.0. The quantitative estimate of drug-likeness (QED) is 0.165. The molecule has 0 atom stereocenters. The van der Waals surface area contributed by atoms with Crippen LogP contribution in [0.25, 0.3) is 115 Å². The average Bonchev–Trinajstić information content (AvgIpc) is 3.94. The van der Waals surface area contributed by atoms with Crippen LogP contribution in [-0.4, -0.2) is 18.7 Å². The Morgan fingerprint density at radius 3 is 1.27 bits per heavy atom. The van der Waals surface area contributed by atoms with Gasteiger partial charge in [-0.05, 0) is 90.3 Å². The molecular formula is C55H34N4. The standard InChI is InChI=1S/C55H34N4/c1-2-14-35(15-3-1)55-47-34-54-46(33-44(47)39-16-4-9-21-48(39)56-55)43-20-8-13-25-52(43)58(54)37-28-26-36(27-29-37)57-51-24-12-7-19-42(51)45-32-38(30-31-53(45)57)59-49-22-10-5-17-40(49)41-18-6-11-23-50(41)59/h1-34H. The zero-order valence-corrected chi connectivity index (χ0v) is 31.9. The monoisotopic (exact) mass is 750 g/mol. The molecule has 4 heteroatoms. The van der Waals surface area contributed by atoms with Crippen molar-refractivity contribution in [3.63, 3.8) is 0 Å². The third-order valence-corrected chi connectivity index (χ3v) is 12.4. The fourth-order valence-corrected chi connectivity index (χ4v) is 9.84. The Bertz CT molecular complexity index is 3770. The molecule has 4 heterocycles. The molecular weight excluding hydrogens is 717 g/mol. The van der Waals surface area contributed by atoms with E-state index in [-0.39, 0.29) is 0 Å². The summed E-state index contributed by atoms with van der Waals surface area (Å²) >= 11 is 0. The Balaban J connectivity index is 1.00. The fourth-order valence-electron chi connectivity index (χ4n) is 9.84. The topological polar surface area (TPSA) is 27.7 Å². The summed E-state index contributed by atoms with van der Waals surface area (Å²) in [6.07, 6.45) is 0. The number of aromatic nitrogens is 4. The lowest BCUT2D eigenvalue weighted by Crippen LogP contribution is -1.98. The Morgan fingerprint density at radius 2 is 0.678 bits per heavy atom. The van der Waals surface area contributed by atoms with Gasteiger partial charge in [0.05, 0.1) is 44.3 Å². The molecule has 4 aromatic heterocycles. The summed E-state index contributed by atoms with van der Waals surface area (Å²) in [6, 6.07) is 74.9. The van der Waals surface area contributed by atoms with E-state index >= 15 is 0 Å². The number of nitrogens with zero attached hydrogens (tertiary/aromatic N) is 4. The van der Waals surface area contributed by atoms with Crippen molar-refractivity contribution in [2.75, 3.05) is 0 Å². The van der Waals surface area contributed by atoms with Gasteiger partial charge >= 0.3 is 0 Å². The van der Waals surface area contributed by atoms with Crippen LogP contribution in [0.2, 0.25) is 0 Å². The number of pyridine rings is 1. The molecule has 0 unspecified atom stereocenters. The summed E-state index contributed by atoms with van der Waals surface area (Å²) in [6.45, 7) is 0. The average molecular weight is 751 g/mol. The maximum Gasteiger partial charge on any atom is 0.0788 e. The minimum absolute atomic E-state index is 1.00. The van der Waals surface area contributed by atoms with Crippen LogP contribution >= 0.6 is 0 Å². The van der Waals surface area contributed by atoms with E-state index in [1.165, 1.54) is 70.7 Å². The number of rotatable bonds is 4. The number of fused-ring (bicyclic) bond motifs is 12. The van der Waals surface area contributed by atoms with Crippen molar-refractivity contribution in [1.29, 1.82) is 0 Å². The summed E-state index contributed by atoms with van der Waals surface area (Å²) in [7, 11) is 0. The van der Waals surface area contributed by atoms with Crippen molar-refractivity contribution in [2.45, 2.75) is 0 Å². The summed E-state index contributed by atoms with van der Waals surface area (Å²) in [5.41, 5.74) is 13.7. The van der Waals surface area contributed by atoms with Gasteiger partial charge in [0.1, 0.15) is 0 Å². The molecule has 0 spiro atoms. The summed E-state index contributed by atoms with van der Waals surface area (Å²) in [4.78, 5) is 5.26. The Morgan fingerprint density at radius 1 is 0.254 bits per heavy atom. The second-order valence-electron chi connectivity index (χ2n) is 15.6. The highest BCUT2D eigenvalue weighted by Gasteiger charge is 2.19. The van der Waals surface area contributed by atoms with Crippen LogP contribution in [0.3, 0.4) is 0 Å². The van der Waals surface area contributed by atoms with E-state index in [9.17, 15) is 0 Å². The first-order valence-corrected chi connectivity index (χ1v) is 20.2. The van der Waals surface area contributed by atoms with Gasteiger partial charge in [-0.2, -0.15) is 0 Å². The van der Waals surface area contributed by atoms with Gasteiger partial charge in [0.25, 0.3) is 0 Å². The van der Waals surface area contributed by atoms with Gasteiger partial charge in [-0.1, -0.05) is 121 Å². The predicted molar refractivity (Wildman–Crippen MR) is 248 cm³/mol. The van der Waals surface area contributed by atoms with Crippen LogP contribution in [-0.2, 0) is 0 Å². The molecule has 59 heavy (non-hydrogen) atoms. The molecule has 13 aromatic rings. The van der Waals surface area contributed by atoms with Crippen LogP contribution in [0.4, 0.5) is 0 Å². The molecule has 0 saturated carbocycles. The first-order chi connectivity index (χ1) is 29.3. The molecule has 0 aliphatic carbocycles. The molecule has 0 amide bonds. The highest BCUT2D eigenvalue weighted by Crippen LogP contribution is 2.41. The van der Waals surface area contributed by atoms with Crippen molar-refractivity contribution < 1.29 is 0 Å². The maximum atomic E-state index is 5.26. The molecule has 0 fully saturated rings. The van der Waals surface area contributed by atoms with Crippen molar-refractivity contribution in [3.05, 3.63) is 206 Å². The molecule has 274 valence electrons. The highest BCUT2D eigenvalue weighted by molar-refractivity contribution is 6.20. The van der Waals surface area contributed by atoms with Crippen LogP contribution < -0.4 is 0 Å². The molecule has 0 aliphatic rings. The largest absolute Gasteiger partial charge is 0.309 e. The molecule has 0 bridgehead atoms. The van der Waals surface area contributed by atoms with E-state index < -0.39 is 0 Å². The van der Waals surface area contributed by atoms with Gasteiger partial charge in [-0.3, -0.25) is 0 Å². The van der Waals surface area contributed by atoms with E-state index in [1.54, 1.807) is 0 Å². The Kier molecular flexibility index (Phi) is 6.69. The number of benzene rings is 9. The zero-order chi connectivity index (χ0) is 38.6. The first kappa shape index (κ1) is 32.2. The number of hydrogen-bond acceptors (Lipinski definition) is 1. The van der Waals surface area contributed by atoms with Crippen molar-refractivity contribution in [1.82, 2.24) is 18.7 Å². The maximum absolute atomic E-state index is 5.26. The lowest BCUT2D eigenvalue weighted by Gasteiger charge is -2.14. The van der Waals surface area contributed by atoms with Gasteiger partial charge in [0.2, 0.25) is 0 Å². The molecule has 9 aromatic carbocycles. The summed E-state index contributed by atoms with van der Waals surface area (Å²) in [5.74, 6) is 0. The first-order valence-electron chi connectivity index (χ1n) is 20.2. The van der Waals surface area contributed by atoms with Crippen LogP contribution in [0.1, 0.15) is 0 Å². The molecule has 0 N–H and O–H groups in total. The molecule has 4 nitrogen and oxygen atoms in total. The van der Waals surface area contributed by atoms with E-state index in [0.717, 1.165) is 44.7 Å². The minimum Gasteiger partial charge on any atom is -0.309 e. The lowest BCUT2D eigenvalue weighted by molar-refractivity contribution is 1.14. The van der Waals surface area contributed by atoms with Crippen LogP contribution in [0.5, 0.6) is 0 Å².